The Morgan fingerprint density at radius 2 is 1.63 bits per heavy atom. The maximum Gasteiger partial charge on any atom is 0.320 e. The first-order chi connectivity index (χ1) is 8.95. The predicted octanol–water partition coefficient (Wildman–Crippen LogP) is 0.0671. The zero-order valence-electron chi connectivity index (χ0n) is 11.5. The van der Waals surface area contributed by atoms with Gasteiger partial charge in [-0.25, -0.2) is 4.79 Å². The van der Waals surface area contributed by atoms with Crippen LogP contribution >= 0.6 is 0 Å². The van der Waals surface area contributed by atoms with Crippen LogP contribution in [-0.4, -0.2) is 77.0 Å². The third kappa shape index (κ3) is 4.42. The number of nitrogens with zero attached hydrogens (tertiary/aromatic N) is 3. The molecule has 0 aromatic heterocycles. The van der Waals surface area contributed by atoms with Gasteiger partial charge < -0.3 is 19.8 Å². The van der Waals surface area contributed by atoms with Crippen molar-refractivity contribution in [2.45, 2.75) is 20.3 Å². The molecule has 0 saturated carbocycles. The molecule has 1 heterocycles. The maximum atomic E-state index is 12.2. The predicted molar refractivity (Wildman–Crippen MR) is 68.7 cm³/mol. The van der Waals surface area contributed by atoms with Crippen LogP contribution < -0.4 is 0 Å². The van der Waals surface area contributed by atoms with Crippen molar-refractivity contribution < 1.29 is 19.5 Å². The van der Waals surface area contributed by atoms with E-state index in [0.29, 0.717) is 32.7 Å². The number of urea groups is 1. The third-order valence-corrected chi connectivity index (χ3v) is 3.24. The first kappa shape index (κ1) is 15.3. The van der Waals surface area contributed by atoms with Crippen molar-refractivity contribution in [2.75, 3.05) is 39.3 Å². The first-order valence-corrected chi connectivity index (χ1v) is 6.46. The van der Waals surface area contributed by atoms with Gasteiger partial charge in [-0.05, 0) is 6.92 Å². The standard InChI is InChI=1S/C12H21N3O4/c1-3-13(5-4-11(17)18)12(19)15-8-6-14(7-9-15)10(2)16/h3-9H2,1-2H3,(H,17,18). The molecule has 19 heavy (non-hydrogen) atoms. The molecule has 0 radical (unpaired) electrons. The molecule has 0 aliphatic carbocycles. The van der Waals surface area contributed by atoms with Crippen LogP contribution in [0.5, 0.6) is 0 Å². The van der Waals surface area contributed by atoms with Gasteiger partial charge in [0.2, 0.25) is 5.91 Å². The number of rotatable bonds is 4. The van der Waals surface area contributed by atoms with E-state index in [0.717, 1.165) is 0 Å². The molecule has 0 spiro atoms. The fourth-order valence-corrected chi connectivity index (χ4v) is 2.03. The number of hydrogen-bond donors (Lipinski definition) is 1. The minimum Gasteiger partial charge on any atom is -0.481 e. The minimum atomic E-state index is -0.910. The Kier molecular flexibility index (Phi) is 5.59. The van der Waals surface area contributed by atoms with Gasteiger partial charge in [0, 0.05) is 46.2 Å². The average Bonchev–Trinajstić information content (AvgIpc) is 2.39. The smallest absolute Gasteiger partial charge is 0.320 e. The molecule has 1 fully saturated rings. The van der Waals surface area contributed by atoms with E-state index in [4.69, 9.17) is 5.11 Å². The summed E-state index contributed by atoms with van der Waals surface area (Å²) >= 11 is 0. The molecule has 1 aliphatic rings. The van der Waals surface area contributed by atoms with Gasteiger partial charge >= 0.3 is 12.0 Å². The van der Waals surface area contributed by atoms with E-state index < -0.39 is 5.97 Å². The summed E-state index contributed by atoms with van der Waals surface area (Å²) in [5.74, 6) is -0.891. The van der Waals surface area contributed by atoms with Crippen molar-refractivity contribution in [3.8, 4) is 0 Å². The van der Waals surface area contributed by atoms with Crippen LogP contribution in [0.25, 0.3) is 0 Å². The van der Waals surface area contributed by atoms with Crippen molar-refractivity contribution in [3.05, 3.63) is 0 Å². The Hall–Kier alpha value is -1.79. The van der Waals surface area contributed by atoms with Gasteiger partial charge in [-0.15, -0.1) is 0 Å². The summed E-state index contributed by atoms with van der Waals surface area (Å²) in [6.07, 6.45) is -0.0486. The molecule has 3 amide bonds. The molecule has 0 bridgehead atoms. The van der Waals surface area contributed by atoms with Crippen molar-refractivity contribution in [3.63, 3.8) is 0 Å². The Morgan fingerprint density at radius 3 is 2.05 bits per heavy atom. The van der Waals surface area contributed by atoms with E-state index in [2.05, 4.69) is 0 Å². The van der Waals surface area contributed by atoms with Gasteiger partial charge in [0.15, 0.2) is 0 Å². The summed E-state index contributed by atoms with van der Waals surface area (Å²) in [4.78, 5) is 38.8. The van der Waals surface area contributed by atoms with Crippen LogP contribution in [0.4, 0.5) is 4.79 Å². The van der Waals surface area contributed by atoms with Gasteiger partial charge in [-0.2, -0.15) is 0 Å². The highest BCUT2D eigenvalue weighted by Gasteiger charge is 2.25. The molecular formula is C12H21N3O4. The monoisotopic (exact) mass is 271 g/mol. The lowest BCUT2D eigenvalue weighted by molar-refractivity contribution is -0.137. The number of aliphatic carboxylic acids is 1. The zero-order chi connectivity index (χ0) is 14.4. The highest BCUT2D eigenvalue weighted by Crippen LogP contribution is 2.06. The van der Waals surface area contributed by atoms with E-state index in [1.54, 1.807) is 9.80 Å². The van der Waals surface area contributed by atoms with Crippen molar-refractivity contribution in [1.29, 1.82) is 0 Å². The zero-order valence-corrected chi connectivity index (χ0v) is 11.5. The van der Waals surface area contributed by atoms with Gasteiger partial charge in [-0.1, -0.05) is 0 Å². The number of hydrogen-bond acceptors (Lipinski definition) is 3. The fourth-order valence-electron chi connectivity index (χ4n) is 2.03. The van der Waals surface area contributed by atoms with Crippen LogP contribution in [0.2, 0.25) is 0 Å². The van der Waals surface area contributed by atoms with E-state index in [-0.39, 0.29) is 24.9 Å². The summed E-state index contributed by atoms with van der Waals surface area (Å²) in [7, 11) is 0. The lowest BCUT2D eigenvalue weighted by Crippen LogP contribution is -2.53. The molecule has 1 N–H and O–H groups in total. The van der Waals surface area contributed by atoms with Gasteiger partial charge in [-0.3, -0.25) is 9.59 Å². The number of carboxylic acid groups (broad SMARTS) is 1. The van der Waals surface area contributed by atoms with Crippen LogP contribution in [0, 0.1) is 0 Å². The normalized spacial score (nSPS) is 15.3. The number of carbonyl (C=O) groups excluding carboxylic acids is 2. The van der Waals surface area contributed by atoms with Gasteiger partial charge in [0.1, 0.15) is 0 Å². The molecule has 1 saturated heterocycles. The Morgan fingerprint density at radius 1 is 1.11 bits per heavy atom. The first-order valence-electron chi connectivity index (χ1n) is 6.46. The number of amides is 3. The highest BCUT2D eigenvalue weighted by atomic mass is 16.4. The summed E-state index contributed by atoms with van der Waals surface area (Å²) in [5.41, 5.74) is 0. The van der Waals surface area contributed by atoms with E-state index in [1.807, 2.05) is 6.92 Å². The minimum absolute atomic E-state index is 0.0188. The Balaban J connectivity index is 2.48. The third-order valence-electron chi connectivity index (χ3n) is 3.24. The molecule has 108 valence electrons. The summed E-state index contributed by atoms with van der Waals surface area (Å²) in [6, 6.07) is -0.146. The molecule has 7 heteroatoms. The SMILES string of the molecule is CCN(CCC(=O)O)C(=O)N1CCN(C(C)=O)CC1. The molecule has 0 aromatic rings. The van der Waals surface area contributed by atoms with E-state index >= 15 is 0 Å². The largest absolute Gasteiger partial charge is 0.481 e. The van der Waals surface area contributed by atoms with Crippen molar-refractivity contribution in [1.82, 2.24) is 14.7 Å². The second-order valence-corrected chi connectivity index (χ2v) is 4.50. The number of carbonyl (C=O) groups is 3. The molecule has 0 atom stereocenters. The second kappa shape index (κ2) is 6.96. The van der Waals surface area contributed by atoms with Gasteiger partial charge in [0.05, 0.1) is 6.42 Å². The summed E-state index contributed by atoms with van der Waals surface area (Å²) in [5, 5.41) is 8.65. The quantitative estimate of drug-likeness (QED) is 0.784. The molecule has 1 aliphatic heterocycles. The van der Waals surface area contributed by atoms with E-state index in [9.17, 15) is 14.4 Å². The molecule has 7 nitrogen and oxygen atoms in total. The van der Waals surface area contributed by atoms with Crippen molar-refractivity contribution in [2.24, 2.45) is 0 Å². The van der Waals surface area contributed by atoms with Gasteiger partial charge in [0.25, 0.3) is 0 Å². The molecular weight excluding hydrogens is 250 g/mol. The lowest BCUT2D eigenvalue weighted by Gasteiger charge is -2.36. The van der Waals surface area contributed by atoms with E-state index in [1.165, 1.54) is 11.8 Å². The number of piperazine rings is 1. The Labute approximate surface area is 112 Å². The average molecular weight is 271 g/mol. The molecule has 0 aromatic carbocycles. The van der Waals surface area contributed by atoms with Crippen molar-refractivity contribution >= 4 is 17.9 Å². The van der Waals surface area contributed by atoms with Crippen LogP contribution in [-0.2, 0) is 9.59 Å². The summed E-state index contributed by atoms with van der Waals surface area (Å²) < 4.78 is 0. The lowest BCUT2D eigenvalue weighted by atomic mass is 10.3. The topological polar surface area (TPSA) is 81.2 Å². The molecule has 1 rings (SSSR count). The molecule has 0 unspecified atom stereocenters. The fraction of sp³-hybridized carbons (Fsp3) is 0.750. The van der Waals surface area contributed by atoms with Crippen LogP contribution in [0.15, 0.2) is 0 Å². The van der Waals surface area contributed by atoms with Crippen LogP contribution in [0.1, 0.15) is 20.3 Å². The maximum absolute atomic E-state index is 12.2. The summed E-state index contributed by atoms with van der Waals surface area (Å²) in [6.45, 7) is 6.13. The van der Waals surface area contributed by atoms with Crippen LogP contribution in [0.3, 0.4) is 0 Å². The number of carboxylic acids is 1. The highest BCUT2D eigenvalue weighted by molar-refractivity contribution is 5.77. The second-order valence-electron chi connectivity index (χ2n) is 4.50. The Bertz CT molecular complexity index is 351.